The highest BCUT2D eigenvalue weighted by Crippen LogP contribution is 2.37. The minimum absolute atomic E-state index is 0.0632. The van der Waals surface area contributed by atoms with Crippen LogP contribution in [0.25, 0.3) is 0 Å². The van der Waals surface area contributed by atoms with Gasteiger partial charge in [0.25, 0.3) is 0 Å². The molecule has 0 radical (unpaired) electrons. The van der Waals surface area contributed by atoms with Crippen molar-refractivity contribution < 1.29 is 19.5 Å². The van der Waals surface area contributed by atoms with Gasteiger partial charge >= 0.3 is 5.97 Å². The van der Waals surface area contributed by atoms with Crippen molar-refractivity contribution >= 4 is 34.8 Å². The Morgan fingerprint density at radius 1 is 1.17 bits per heavy atom. The lowest BCUT2D eigenvalue weighted by atomic mass is 9.82. The molecule has 0 unspecified atom stereocenters. The van der Waals surface area contributed by atoms with Crippen LogP contribution in [0.1, 0.15) is 101 Å². The summed E-state index contributed by atoms with van der Waals surface area (Å²) in [6.45, 7) is 11.6. The second kappa shape index (κ2) is 11.6. The van der Waals surface area contributed by atoms with Crippen molar-refractivity contribution in [3.8, 4) is 11.8 Å². The summed E-state index contributed by atoms with van der Waals surface area (Å²) in [5.74, 6) is 5.41. The summed E-state index contributed by atoms with van der Waals surface area (Å²) in [5.41, 5.74) is 0.0979. The number of likely N-dealkylation sites (tertiary alicyclic amines) is 1. The standard InChI is InChI=1S/C28H40N2O4S/c1-6-16-29-17-8-7-9-22(26(29)32)30(25(31)20-12-10-19(2)11-13-20)23-18-21(14-15-28(3,4)5)35-24(23)27(33)34/h18-20,22H,6-13,16-17H2,1-5H3,(H,33,34)/t19-,20-,22-/m1/s1. The largest absolute Gasteiger partial charge is 0.477 e. The first-order valence-electron chi connectivity index (χ1n) is 13.0. The zero-order valence-corrected chi connectivity index (χ0v) is 22.7. The van der Waals surface area contributed by atoms with Gasteiger partial charge in [-0.3, -0.25) is 14.5 Å². The smallest absolute Gasteiger partial charge is 0.348 e. The maximum absolute atomic E-state index is 14.1. The summed E-state index contributed by atoms with van der Waals surface area (Å²) in [6.07, 6.45) is 6.61. The molecule has 0 spiro atoms. The fourth-order valence-corrected chi connectivity index (χ4v) is 5.83. The minimum Gasteiger partial charge on any atom is -0.477 e. The third-order valence-electron chi connectivity index (χ3n) is 6.89. The van der Waals surface area contributed by atoms with Crippen molar-refractivity contribution in [2.24, 2.45) is 17.3 Å². The number of aromatic carboxylic acids is 1. The van der Waals surface area contributed by atoms with Gasteiger partial charge in [-0.05, 0) is 84.1 Å². The number of carbonyl (C=O) groups excluding carboxylic acids is 2. The molecule has 192 valence electrons. The minimum atomic E-state index is -1.09. The maximum atomic E-state index is 14.1. The van der Waals surface area contributed by atoms with Crippen LogP contribution in [0, 0.1) is 29.1 Å². The number of hydrogen-bond acceptors (Lipinski definition) is 4. The Kier molecular flexibility index (Phi) is 9.04. The Morgan fingerprint density at radius 3 is 2.46 bits per heavy atom. The Labute approximate surface area is 214 Å². The van der Waals surface area contributed by atoms with Crippen LogP contribution in [0.5, 0.6) is 0 Å². The van der Waals surface area contributed by atoms with Crippen LogP contribution in [0.3, 0.4) is 0 Å². The third-order valence-corrected chi connectivity index (χ3v) is 7.91. The molecule has 35 heavy (non-hydrogen) atoms. The molecule has 6 nitrogen and oxygen atoms in total. The summed E-state index contributed by atoms with van der Waals surface area (Å²) >= 11 is 1.09. The Hall–Kier alpha value is -2.33. The van der Waals surface area contributed by atoms with E-state index in [0.29, 0.717) is 36.0 Å². The van der Waals surface area contributed by atoms with Gasteiger partial charge in [0.15, 0.2) is 0 Å². The molecule has 1 aliphatic heterocycles. The van der Waals surface area contributed by atoms with Crippen molar-refractivity contribution in [3.05, 3.63) is 15.8 Å². The zero-order valence-electron chi connectivity index (χ0n) is 21.9. The van der Waals surface area contributed by atoms with Crippen molar-refractivity contribution in [3.63, 3.8) is 0 Å². The quantitative estimate of drug-likeness (QED) is 0.501. The molecule has 2 aliphatic rings. The third kappa shape index (κ3) is 6.88. The monoisotopic (exact) mass is 500 g/mol. The molecule has 3 rings (SSSR count). The lowest BCUT2D eigenvalue weighted by molar-refractivity contribution is -0.135. The van der Waals surface area contributed by atoms with Crippen LogP contribution >= 0.6 is 11.3 Å². The molecule has 1 saturated heterocycles. The van der Waals surface area contributed by atoms with E-state index in [-0.39, 0.29) is 28.0 Å². The summed E-state index contributed by atoms with van der Waals surface area (Å²) in [5, 5.41) is 10.1. The second-order valence-electron chi connectivity index (χ2n) is 11.1. The lowest BCUT2D eigenvalue weighted by Gasteiger charge is -2.36. The molecule has 2 amide bonds. The Morgan fingerprint density at radius 2 is 1.86 bits per heavy atom. The topological polar surface area (TPSA) is 77.9 Å². The van der Waals surface area contributed by atoms with E-state index in [0.717, 1.165) is 56.3 Å². The molecule has 2 heterocycles. The number of rotatable bonds is 6. The maximum Gasteiger partial charge on any atom is 0.348 e. The van der Waals surface area contributed by atoms with E-state index >= 15 is 0 Å². The van der Waals surface area contributed by atoms with Gasteiger partial charge in [0, 0.05) is 24.4 Å². The number of hydrogen-bond donors (Lipinski definition) is 1. The van der Waals surface area contributed by atoms with Gasteiger partial charge in [-0.25, -0.2) is 4.79 Å². The number of carboxylic acid groups (broad SMARTS) is 1. The van der Waals surface area contributed by atoms with Gasteiger partial charge in [0.05, 0.1) is 10.6 Å². The van der Waals surface area contributed by atoms with Gasteiger partial charge in [0.1, 0.15) is 10.9 Å². The molecule has 1 aromatic rings. The van der Waals surface area contributed by atoms with E-state index in [1.54, 1.807) is 11.0 Å². The number of anilines is 1. The van der Waals surface area contributed by atoms with Gasteiger partial charge in [0.2, 0.25) is 11.8 Å². The van der Waals surface area contributed by atoms with Crippen LogP contribution in [0.2, 0.25) is 0 Å². The van der Waals surface area contributed by atoms with Crippen molar-refractivity contribution in [2.45, 2.75) is 92.0 Å². The van der Waals surface area contributed by atoms with E-state index in [9.17, 15) is 19.5 Å². The summed E-state index contributed by atoms with van der Waals surface area (Å²) in [6, 6.07) is 1.05. The fourth-order valence-electron chi connectivity index (χ4n) is 4.98. The van der Waals surface area contributed by atoms with Crippen molar-refractivity contribution in [1.82, 2.24) is 4.90 Å². The van der Waals surface area contributed by atoms with E-state index in [2.05, 4.69) is 18.8 Å². The van der Waals surface area contributed by atoms with E-state index in [4.69, 9.17) is 0 Å². The van der Waals surface area contributed by atoms with Crippen LogP contribution < -0.4 is 4.90 Å². The first kappa shape index (κ1) is 27.3. The van der Waals surface area contributed by atoms with Crippen molar-refractivity contribution in [1.29, 1.82) is 0 Å². The highest BCUT2D eigenvalue weighted by molar-refractivity contribution is 7.15. The Bertz CT molecular complexity index is 989. The first-order valence-corrected chi connectivity index (χ1v) is 13.9. The fraction of sp³-hybridized carbons (Fsp3) is 0.679. The van der Waals surface area contributed by atoms with Gasteiger partial charge in [-0.1, -0.05) is 25.7 Å². The molecular formula is C28H40N2O4S. The lowest BCUT2D eigenvalue weighted by Crippen LogP contribution is -2.52. The molecule has 1 aromatic heterocycles. The number of carboxylic acids is 1. The van der Waals surface area contributed by atoms with Gasteiger partial charge in [-0.2, -0.15) is 0 Å². The second-order valence-corrected chi connectivity index (χ2v) is 12.2. The van der Waals surface area contributed by atoms with E-state index in [1.165, 1.54) is 0 Å². The Balaban J connectivity index is 2.09. The van der Waals surface area contributed by atoms with Crippen LogP contribution in [-0.2, 0) is 9.59 Å². The molecule has 2 fully saturated rings. The van der Waals surface area contributed by atoms with E-state index < -0.39 is 12.0 Å². The number of nitrogens with zero attached hydrogens (tertiary/aromatic N) is 2. The summed E-state index contributed by atoms with van der Waals surface area (Å²) in [7, 11) is 0. The number of thiophene rings is 1. The van der Waals surface area contributed by atoms with Crippen LogP contribution in [-0.4, -0.2) is 46.9 Å². The van der Waals surface area contributed by atoms with Crippen LogP contribution in [0.4, 0.5) is 5.69 Å². The van der Waals surface area contributed by atoms with Gasteiger partial charge < -0.3 is 10.0 Å². The SMILES string of the molecule is CCCN1CCCC[C@@H](N(c2cc(C#CC(C)(C)C)sc2C(=O)O)C(=O)[C@H]2CC[C@H](C)CC2)C1=O. The van der Waals surface area contributed by atoms with Crippen LogP contribution in [0.15, 0.2) is 6.07 Å². The van der Waals surface area contributed by atoms with E-state index in [1.807, 2.05) is 32.6 Å². The first-order chi connectivity index (χ1) is 16.5. The molecule has 1 aliphatic carbocycles. The highest BCUT2D eigenvalue weighted by atomic mass is 32.1. The number of carbonyl (C=O) groups is 3. The molecule has 1 atom stereocenters. The predicted molar refractivity (Wildman–Crippen MR) is 141 cm³/mol. The molecule has 0 aromatic carbocycles. The average Bonchev–Trinajstić information content (AvgIpc) is 3.14. The summed E-state index contributed by atoms with van der Waals surface area (Å²) in [4.78, 5) is 44.2. The molecular weight excluding hydrogens is 460 g/mol. The zero-order chi connectivity index (χ0) is 25.8. The molecule has 0 bridgehead atoms. The summed E-state index contributed by atoms with van der Waals surface area (Å²) < 4.78 is 0. The normalized spacial score (nSPS) is 23.3. The molecule has 7 heteroatoms. The van der Waals surface area contributed by atoms with Crippen molar-refractivity contribution in [2.75, 3.05) is 18.0 Å². The molecule has 1 N–H and O–H groups in total. The average molecular weight is 501 g/mol. The number of amides is 2. The highest BCUT2D eigenvalue weighted by Gasteiger charge is 2.40. The van der Waals surface area contributed by atoms with Gasteiger partial charge in [-0.15, -0.1) is 11.3 Å². The molecule has 1 saturated carbocycles. The predicted octanol–water partition coefficient (Wildman–Crippen LogP) is 5.79.